The van der Waals surface area contributed by atoms with Crippen LogP contribution >= 0.6 is 0 Å². The van der Waals surface area contributed by atoms with Gasteiger partial charge in [0.2, 0.25) is 5.91 Å². The molecule has 4 N–H and O–H groups in total. The van der Waals surface area contributed by atoms with Crippen LogP contribution in [0.2, 0.25) is 0 Å². The molecule has 16 heavy (non-hydrogen) atoms. The van der Waals surface area contributed by atoms with Gasteiger partial charge in [-0.1, -0.05) is 6.42 Å². The Morgan fingerprint density at radius 2 is 2.19 bits per heavy atom. The molecule has 1 heterocycles. The molecule has 0 aromatic rings. The molecule has 4 nitrogen and oxygen atoms in total. The molecule has 0 bridgehead atoms. The van der Waals surface area contributed by atoms with Crippen LogP contribution in [0.3, 0.4) is 0 Å². The minimum Gasteiger partial charge on any atom is -0.353 e. The highest BCUT2D eigenvalue weighted by Gasteiger charge is 2.28. The van der Waals surface area contributed by atoms with Gasteiger partial charge in [0.15, 0.2) is 0 Å². The van der Waals surface area contributed by atoms with Crippen LogP contribution in [-0.4, -0.2) is 31.1 Å². The molecule has 3 atom stereocenters. The molecule has 1 saturated carbocycles. The Balaban J connectivity index is 1.73. The lowest BCUT2D eigenvalue weighted by Gasteiger charge is -2.20. The average molecular weight is 225 g/mol. The predicted octanol–water partition coefficient (Wildman–Crippen LogP) is 0.372. The lowest BCUT2D eigenvalue weighted by atomic mass is 10.0. The maximum Gasteiger partial charge on any atom is 0.221 e. The third kappa shape index (κ3) is 2.95. The van der Waals surface area contributed by atoms with E-state index in [0.29, 0.717) is 31.0 Å². The normalized spacial score (nSPS) is 34.2. The van der Waals surface area contributed by atoms with Crippen LogP contribution in [0.15, 0.2) is 0 Å². The minimum atomic E-state index is 0.199. The third-order valence-electron chi connectivity index (χ3n) is 3.90. The Morgan fingerprint density at radius 3 is 2.88 bits per heavy atom. The van der Waals surface area contributed by atoms with E-state index in [1.54, 1.807) is 0 Å². The number of nitrogens with one attached hydrogen (secondary N) is 2. The number of carbonyl (C=O) groups is 1. The summed E-state index contributed by atoms with van der Waals surface area (Å²) in [6, 6.07) is 0.733. The van der Waals surface area contributed by atoms with Crippen LogP contribution in [0, 0.1) is 5.92 Å². The van der Waals surface area contributed by atoms with Gasteiger partial charge in [-0.15, -0.1) is 0 Å². The van der Waals surface area contributed by atoms with E-state index in [9.17, 15) is 4.79 Å². The van der Waals surface area contributed by atoms with Gasteiger partial charge in [-0.2, -0.15) is 0 Å². The fourth-order valence-corrected chi connectivity index (χ4v) is 2.93. The molecule has 0 spiro atoms. The van der Waals surface area contributed by atoms with Gasteiger partial charge in [-0.25, -0.2) is 0 Å². The Morgan fingerprint density at radius 1 is 1.31 bits per heavy atom. The highest BCUT2D eigenvalue weighted by molar-refractivity contribution is 5.77. The zero-order valence-corrected chi connectivity index (χ0v) is 9.87. The average Bonchev–Trinajstić information content (AvgIpc) is 2.88. The molecule has 2 rings (SSSR count). The smallest absolute Gasteiger partial charge is 0.221 e. The molecule has 0 radical (unpaired) electrons. The first-order valence-electron chi connectivity index (χ1n) is 6.52. The van der Waals surface area contributed by atoms with E-state index in [4.69, 9.17) is 5.73 Å². The van der Waals surface area contributed by atoms with E-state index in [1.165, 1.54) is 19.3 Å². The quantitative estimate of drug-likeness (QED) is 0.647. The Hall–Kier alpha value is -0.610. The van der Waals surface area contributed by atoms with Crippen molar-refractivity contribution >= 4 is 5.91 Å². The van der Waals surface area contributed by atoms with Crippen molar-refractivity contribution in [1.82, 2.24) is 10.6 Å². The summed E-state index contributed by atoms with van der Waals surface area (Å²) in [7, 11) is 0. The fourth-order valence-electron chi connectivity index (χ4n) is 2.93. The lowest BCUT2D eigenvalue weighted by Crippen LogP contribution is -2.41. The van der Waals surface area contributed by atoms with Crippen molar-refractivity contribution in [2.24, 2.45) is 11.7 Å². The number of rotatable bonds is 4. The van der Waals surface area contributed by atoms with Gasteiger partial charge in [0.25, 0.3) is 0 Å². The number of nitrogens with two attached hydrogens (primary N) is 1. The first-order chi connectivity index (χ1) is 7.79. The molecule has 92 valence electrons. The molecule has 2 fully saturated rings. The van der Waals surface area contributed by atoms with Crippen molar-refractivity contribution in [1.29, 1.82) is 0 Å². The van der Waals surface area contributed by atoms with E-state index in [1.807, 2.05) is 0 Å². The van der Waals surface area contributed by atoms with Gasteiger partial charge in [0.05, 0.1) is 0 Å². The van der Waals surface area contributed by atoms with E-state index in [2.05, 4.69) is 10.6 Å². The van der Waals surface area contributed by atoms with Crippen LogP contribution in [-0.2, 0) is 4.79 Å². The molecule has 1 aliphatic heterocycles. The summed E-state index contributed by atoms with van der Waals surface area (Å²) < 4.78 is 0. The minimum absolute atomic E-state index is 0.199. The lowest BCUT2D eigenvalue weighted by molar-refractivity contribution is -0.122. The topological polar surface area (TPSA) is 67.1 Å². The second-order valence-electron chi connectivity index (χ2n) is 5.10. The molecule has 2 aliphatic rings. The first-order valence-corrected chi connectivity index (χ1v) is 6.52. The standard InChI is InChI=1S/C12H23N3O/c13-8-9-3-1-5-11(9)15-12(16)7-10-4-2-6-14-10/h9-11,14H,1-8,13H2,(H,15,16). The van der Waals surface area contributed by atoms with Crippen LogP contribution < -0.4 is 16.4 Å². The van der Waals surface area contributed by atoms with E-state index < -0.39 is 0 Å². The Labute approximate surface area is 97.3 Å². The Kier molecular flexibility index (Phi) is 4.18. The van der Waals surface area contributed by atoms with Gasteiger partial charge in [-0.05, 0) is 44.7 Å². The van der Waals surface area contributed by atoms with Gasteiger partial charge >= 0.3 is 0 Å². The van der Waals surface area contributed by atoms with Crippen molar-refractivity contribution in [3.05, 3.63) is 0 Å². The van der Waals surface area contributed by atoms with Crippen molar-refractivity contribution in [3.63, 3.8) is 0 Å². The highest BCUT2D eigenvalue weighted by Crippen LogP contribution is 2.24. The van der Waals surface area contributed by atoms with Crippen LogP contribution in [0.1, 0.15) is 38.5 Å². The van der Waals surface area contributed by atoms with Crippen molar-refractivity contribution < 1.29 is 4.79 Å². The molecular formula is C12H23N3O. The van der Waals surface area contributed by atoms with E-state index in [0.717, 1.165) is 19.4 Å². The SMILES string of the molecule is NCC1CCCC1NC(=O)CC1CCCN1. The second kappa shape index (κ2) is 5.64. The van der Waals surface area contributed by atoms with Gasteiger partial charge in [0.1, 0.15) is 0 Å². The van der Waals surface area contributed by atoms with Gasteiger partial charge < -0.3 is 16.4 Å². The van der Waals surface area contributed by atoms with E-state index >= 15 is 0 Å². The zero-order valence-electron chi connectivity index (χ0n) is 9.87. The zero-order chi connectivity index (χ0) is 11.4. The number of amides is 1. The molecule has 1 amide bonds. The van der Waals surface area contributed by atoms with E-state index in [-0.39, 0.29) is 5.91 Å². The van der Waals surface area contributed by atoms with Crippen LogP contribution in [0.25, 0.3) is 0 Å². The largest absolute Gasteiger partial charge is 0.353 e. The van der Waals surface area contributed by atoms with Crippen molar-refractivity contribution in [3.8, 4) is 0 Å². The monoisotopic (exact) mass is 225 g/mol. The summed E-state index contributed by atoms with van der Waals surface area (Å²) in [6.07, 6.45) is 6.45. The summed E-state index contributed by atoms with van der Waals surface area (Å²) >= 11 is 0. The summed E-state index contributed by atoms with van der Waals surface area (Å²) in [5, 5.41) is 6.50. The fraction of sp³-hybridized carbons (Fsp3) is 0.917. The molecular weight excluding hydrogens is 202 g/mol. The number of hydrogen-bond donors (Lipinski definition) is 3. The summed E-state index contributed by atoms with van der Waals surface area (Å²) in [4.78, 5) is 11.8. The summed E-state index contributed by atoms with van der Waals surface area (Å²) in [5.41, 5.74) is 5.70. The maximum absolute atomic E-state index is 11.8. The van der Waals surface area contributed by atoms with Gasteiger partial charge in [-0.3, -0.25) is 4.79 Å². The Bertz CT molecular complexity index is 238. The van der Waals surface area contributed by atoms with Crippen molar-refractivity contribution in [2.45, 2.75) is 50.6 Å². The molecule has 1 aliphatic carbocycles. The molecule has 0 aromatic carbocycles. The summed E-state index contributed by atoms with van der Waals surface area (Å²) in [6.45, 7) is 1.76. The third-order valence-corrected chi connectivity index (χ3v) is 3.90. The predicted molar refractivity (Wildman–Crippen MR) is 64.0 cm³/mol. The molecule has 4 heteroatoms. The first kappa shape index (κ1) is 11.9. The van der Waals surface area contributed by atoms with Crippen molar-refractivity contribution in [2.75, 3.05) is 13.1 Å². The molecule has 1 saturated heterocycles. The number of hydrogen-bond acceptors (Lipinski definition) is 3. The highest BCUT2D eigenvalue weighted by atomic mass is 16.1. The number of carbonyl (C=O) groups excluding carboxylic acids is 1. The molecule has 3 unspecified atom stereocenters. The maximum atomic E-state index is 11.8. The van der Waals surface area contributed by atoms with Gasteiger partial charge in [0, 0.05) is 18.5 Å². The van der Waals surface area contributed by atoms with Crippen LogP contribution in [0.5, 0.6) is 0 Å². The molecule has 0 aromatic heterocycles. The second-order valence-corrected chi connectivity index (χ2v) is 5.10. The summed E-state index contributed by atoms with van der Waals surface area (Å²) in [5.74, 6) is 0.699. The van der Waals surface area contributed by atoms with Crippen LogP contribution in [0.4, 0.5) is 0 Å².